The summed E-state index contributed by atoms with van der Waals surface area (Å²) in [5.74, 6) is 0.213. The summed E-state index contributed by atoms with van der Waals surface area (Å²) in [5.41, 5.74) is 8.34. The molecule has 5 heterocycles. The highest BCUT2D eigenvalue weighted by atomic mass is 16.2. The molecular weight excluding hydrogens is 450 g/mol. The Kier molecular flexibility index (Phi) is 4.63. The fraction of sp³-hybridized carbons (Fsp3) is 0.107. The molecule has 0 aliphatic heterocycles. The number of H-pyrrole nitrogens is 2. The Hall–Kier alpha value is -4.85. The van der Waals surface area contributed by atoms with E-state index < -0.39 is 0 Å². The van der Waals surface area contributed by atoms with Crippen molar-refractivity contribution in [2.75, 3.05) is 5.32 Å². The number of benzene rings is 1. The molecule has 0 spiro atoms. The van der Waals surface area contributed by atoms with Crippen LogP contribution in [0.5, 0.6) is 0 Å². The van der Waals surface area contributed by atoms with E-state index >= 15 is 0 Å². The number of nitrogens with one attached hydrogen (secondary N) is 3. The molecule has 1 amide bonds. The molecule has 5 aromatic heterocycles. The Morgan fingerprint density at radius 3 is 2.53 bits per heavy atom. The summed E-state index contributed by atoms with van der Waals surface area (Å²) in [6.45, 7) is 0. The van der Waals surface area contributed by atoms with Gasteiger partial charge in [0, 0.05) is 52.6 Å². The molecule has 0 saturated heterocycles. The lowest BCUT2D eigenvalue weighted by molar-refractivity contribution is -0.117. The van der Waals surface area contributed by atoms with E-state index in [2.05, 4.69) is 47.6 Å². The van der Waals surface area contributed by atoms with Gasteiger partial charge >= 0.3 is 0 Å². The lowest BCUT2D eigenvalue weighted by Crippen LogP contribution is -2.13. The number of carbonyl (C=O) groups is 1. The van der Waals surface area contributed by atoms with Crippen LogP contribution in [0.15, 0.2) is 79.6 Å². The summed E-state index contributed by atoms with van der Waals surface area (Å²) < 4.78 is 0. The maximum atomic E-state index is 12.2. The van der Waals surface area contributed by atoms with Gasteiger partial charge in [-0.3, -0.25) is 24.8 Å². The third-order valence-corrected chi connectivity index (χ3v) is 6.64. The number of aromatic amines is 2. The van der Waals surface area contributed by atoms with Crippen LogP contribution in [0.3, 0.4) is 0 Å². The van der Waals surface area contributed by atoms with Gasteiger partial charge in [0.25, 0.3) is 0 Å². The van der Waals surface area contributed by atoms with E-state index in [1.807, 2.05) is 48.9 Å². The van der Waals surface area contributed by atoms with E-state index in [0.29, 0.717) is 5.69 Å². The molecule has 0 bridgehead atoms. The Bertz CT molecular complexity index is 1750. The van der Waals surface area contributed by atoms with Crippen LogP contribution in [0.25, 0.3) is 55.4 Å². The Labute approximate surface area is 205 Å². The highest BCUT2D eigenvalue weighted by molar-refractivity contribution is 6.01. The number of fused-ring (bicyclic) bond motifs is 2. The zero-order valence-electron chi connectivity index (χ0n) is 19.2. The summed E-state index contributed by atoms with van der Waals surface area (Å²) in [6.07, 6.45) is 12.7. The Morgan fingerprint density at radius 1 is 0.806 bits per heavy atom. The summed E-state index contributed by atoms with van der Waals surface area (Å²) in [4.78, 5) is 28.6. The van der Waals surface area contributed by atoms with Gasteiger partial charge in [-0.2, -0.15) is 5.10 Å². The van der Waals surface area contributed by atoms with Crippen LogP contribution in [0.4, 0.5) is 5.69 Å². The molecule has 0 atom stereocenters. The highest BCUT2D eigenvalue weighted by Gasteiger charge is 2.29. The van der Waals surface area contributed by atoms with Crippen molar-refractivity contribution in [3.05, 3.63) is 79.6 Å². The number of amides is 1. The minimum absolute atomic E-state index is 0.0703. The third kappa shape index (κ3) is 3.60. The van der Waals surface area contributed by atoms with Crippen LogP contribution in [0.2, 0.25) is 0 Å². The van der Waals surface area contributed by atoms with Crippen molar-refractivity contribution in [2.24, 2.45) is 5.92 Å². The van der Waals surface area contributed by atoms with Crippen molar-refractivity contribution in [1.29, 1.82) is 0 Å². The van der Waals surface area contributed by atoms with E-state index in [4.69, 9.17) is 0 Å². The van der Waals surface area contributed by atoms with Crippen molar-refractivity contribution in [1.82, 2.24) is 30.1 Å². The topological polar surface area (TPSA) is 112 Å². The fourth-order valence-corrected chi connectivity index (χ4v) is 4.60. The van der Waals surface area contributed by atoms with Crippen molar-refractivity contribution in [3.63, 3.8) is 0 Å². The third-order valence-electron chi connectivity index (χ3n) is 6.64. The van der Waals surface area contributed by atoms with E-state index in [0.717, 1.165) is 68.3 Å². The molecule has 36 heavy (non-hydrogen) atoms. The monoisotopic (exact) mass is 471 g/mol. The SMILES string of the molecule is O=C(Nc1cncc(-c2ccc3[nH]nc(-c4cc5c(-c6ccncc6)cncc5[nH]4)c3c2)c1)C1CC1. The molecule has 8 nitrogen and oxygen atoms in total. The van der Waals surface area contributed by atoms with Crippen LogP contribution in [-0.2, 0) is 4.79 Å². The molecule has 6 aromatic rings. The first-order valence-corrected chi connectivity index (χ1v) is 11.8. The normalized spacial score (nSPS) is 13.3. The number of rotatable bonds is 5. The van der Waals surface area contributed by atoms with Gasteiger partial charge in [0.15, 0.2) is 0 Å². The van der Waals surface area contributed by atoms with Crippen LogP contribution < -0.4 is 5.32 Å². The van der Waals surface area contributed by atoms with Crippen molar-refractivity contribution >= 4 is 33.4 Å². The molecule has 174 valence electrons. The predicted octanol–water partition coefficient (Wildman–Crippen LogP) is 5.58. The number of hydrogen-bond donors (Lipinski definition) is 3. The van der Waals surface area contributed by atoms with Gasteiger partial charge in [-0.05, 0) is 60.4 Å². The van der Waals surface area contributed by atoms with Crippen LogP contribution in [0, 0.1) is 5.92 Å². The number of nitrogens with zero attached hydrogens (tertiary/aromatic N) is 4. The fourth-order valence-electron chi connectivity index (χ4n) is 4.60. The second-order valence-corrected chi connectivity index (χ2v) is 9.13. The average Bonchev–Trinajstić information content (AvgIpc) is 3.55. The van der Waals surface area contributed by atoms with E-state index in [1.54, 1.807) is 18.6 Å². The van der Waals surface area contributed by atoms with Crippen LogP contribution in [-0.4, -0.2) is 36.0 Å². The smallest absolute Gasteiger partial charge is 0.227 e. The highest BCUT2D eigenvalue weighted by Crippen LogP contribution is 2.35. The second-order valence-electron chi connectivity index (χ2n) is 9.13. The van der Waals surface area contributed by atoms with Gasteiger partial charge in [0.2, 0.25) is 5.91 Å². The molecule has 1 fully saturated rings. The standard InChI is InChI=1S/C28H21N7O/c36-28(17-1-2-17)32-20-9-19(12-30-13-20)18-3-4-24-22(10-18)27(35-34-24)25-11-21-23(14-31-15-26(21)33-25)16-5-7-29-8-6-16/h3-15,17,33H,1-2H2,(H,32,36)(H,34,35). The van der Waals surface area contributed by atoms with Crippen molar-refractivity contribution in [3.8, 4) is 33.6 Å². The van der Waals surface area contributed by atoms with Crippen LogP contribution >= 0.6 is 0 Å². The van der Waals surface area contributed by atoms with Gasteiger partial charge in [-0.25, -0.2) is 0 Å². The zero-order chi connectivity index (χ0) is 24.1. The number of carbonyl (C=O) groups excluding carboxylic acids is 1. The lowest BCUT2D eigenvalue weighted by atomic mass is 10.0. The van der Waals surface area contributed by atoms with E-state index in [1.165, 1.54) is 0 Å². The van der Waals surface area contributed by atoms with Gasteiger partial charge in [-0.15, -0.1) is 0 Å². The molecule has 7 rings (SSSR count). The van der Waals surface area contributed by atoms with Gasteiger partial charge in [-0.1, -0.05) is 6.07 Å². The molecule has 1 aliphatic rings. The summed E-state index contributed by atoms with van der Waals surface area (Å²) in [7, 11) is 0. The first kappa shape index (κ1) is 20.5. The van der Waals surface area contributed by atoms with Gasteiger partial charge in [0.05, 0.1) is 34.8 Å². The minimum atomic E-state index is 0.0703. The largest absolute Gasteiger partial charge is 0.352 e. The van der Waals surface area contributed by atoms with E-state index in [9.17, 15) is 4.79 Å². The van der Waals surface area contributed by atoms with Crippen molar-refractivity contribution < 1.29 is 4.79 Å². The van der Waals surface area contributed by atoms with Gasteiger partial charge in [0.1, 0.15) is 5.69 Å². The molecule has 1 saturated carbocycles. The first-order valence-electron chi connectivity index (χ1n) is 11.8. The Balaban J connectivity index is 1.28. The number of anilines is 1. The lowest BCUT2D eigenvalue weighted by Gasteiger charge is -2.07. The summed E-state index contributed by atoms with van der Waals surface area (Å²) in [5, 5.41) is 12.8. The molecule has 0 radical (unpaired) electrons. The second kappa shape index (κ2) is 8.13. The molecule has 3 N–H and O–H groups in total. The van der Waals surface area contributed by atoms with Gasteiger partial charge < -0.3 is 10.3 Å². The quantitative estimate of drug-likeness (QED) is 0.304. The average molecular weight is 472 g/mol. The number of aromatic nitrogens is 6. The summed E-state index contributed by atoms with van der Waals surface area (Å²) >= 11 is 0. The maximum Gasteiger partial charge on any atom is 0.227 e. The molecule has 8 heteroatoms. The number of pyridine rings is 3. The Morgan fingerprint density at radius 2 is 1.67 bits per heavy atom. The molecular formula is C28H21N7O. The first-order chi connectivity index (χ1) is 17.7. The minimum Gasteiger partial charge on any atom is -0.352 e. The molecule has 1 aliphatic carbocycles. The molecule has 1 aromatic carbocycles. The number of hydrogen-bond acceptors (Lipinski definition) is 5. The van der Waals surface area contributed by atoms with Crippen LogP contribution in [0.1, 0.15) is 12.8 Å². The van der Waals surface area contributed by atoms with E-state index in [-0.39, 0.29) is 11.8 Å². The summed E-state index contributed by atoms with van der Waals surface area (Å²) in [6, 6.07) is 14.2. The molecule has 0 unspecified atom stereocenters. The zero-order valence-corrected chi connectivity index (χ0v) is 19.2. The van der Waals surface area contributed by atoms with Crippen molar-refractivity contribution in [2.45, 2.75) is 12.8 Å². The predicted molar refractivity (Wildman–Crippen MR) is 139 cm³/mol. The maximum absolute atomic E-state index is 12.2.